The highest BCUT2D eigenvalue weighted by atomic mass is 16.5. The van der Waals surface area contributed by atoms with Gasteiger partial charge in [-0.3, -0.25) is 9.59 Å². The maximum absolute atomic E-state index is 12.5. The molecule has 0 spiro atoms. The molecule has 0 unspecified atom stereocenters. The molecule has 3 rings (SSSR count). The van der Waals surface area contributed by atoms with E-state index in [1.165, 1.54) is 19.3 Å². The van der Waals surface area contributed by atoms with E-state index >= 15 is 0 Å². The highest BCUT2D eigenvalue weighted by Crippen LogP contribution is 2.29. The maximum Gasteiger partial charge on any atom is 0.275 e. The van der Waals surface area contributed by atoms with Crippen LogP contribution in [0.4, 0.5) is 0 Å². The molecule has 0 radical (unpaired) electrons. The lowest BCUT2D eigenvalue weighted by Crippen LogP contribution is -2.53. The van der Waals surface area contributed by atoms with Crippen molar-refractivity contribution in [3.8, 4) is 0 Å². The summed E-state index contributed by atoms with van der Waals surface area (Å²) in [4.78, 5) is 28.2. The first-order valence-corrected chi connectivity index (χ1v) is 9.05. The first-order valence-electron chi connectivity index (χ1n) is 9.05. The highest BCUT2D eigenvalue weighted by molar-refractivity contribution is 5.91. The van der Waals surface area contributed by atoms with E-state index in [4.69, 9.17) is 4.74 Å². The van der Waals surface area contributed by atoms with Gasteiger partial charge in [0, 0.05) is 39.7 Å². The quantitative estimate of drug-likeness (QED) is 0.764. The van der Waals surface area contributed by atoms with Crippen molar-refractivity contribution >= 4 is 11.8 Å². The van der Waals surface area contributed by atoms with E-state index in [0.717, 1.165) is 12.8 Å². The van der Waals surface area contributed by atoms with Crippen molar-refractivity contribution in [3.05, 3.63) is 11.9 Å². The van der Waals surface area contributed by atoms with Crippen molar-refractivity contribution in [1.82, 2.24) is 24.8 Å². The predicted molar refractivity (Wildman–Crippen MR) is 91.1 cm³/mol. The van der Waals surface area contributed by atoms with Gasteiger partial charge >= 0.3 is 0 Å². The molecule has 8 nitrogen and oxygen atoms in total. The Morgan fingerprint density at radius 2 is 2.00 bits per heavy atom. The van der Waals surface area contributed by atoms with Crippen LogP contribution in [-0.2, 0) is 9.53 Å². The average molecular weight is 349 g/mol. The Balaban J connectivity index is 1.51. The number of carbonyl (C=O) groups excluding carboxylic acids is 2. The second-order valence-corrected chi connectivity index (χ2v) is 7.04. The van der Waals surface area contributed by atoms with Crippen LogP contribution in [0.15, 0.2) is 6.20 Å². The van der Waals surface area contributed by atoms with Crippen molar-refractivity contribution < 1.29 is 14.3 Å². The number of nitrogens with zero attached hydrogens (tertiary/aromatic N) is 5. The van der Waals surface area contributed by atoms with Gasteiger partial charge in [-0.2, -0.15) is 0 Å². The summed E-state index contributed by atoms with van der Waals surface area (Å²) in [5.41, 5.74) is 0.329. The molecule has 1 aromatic rings. The summed E-state index contributed by atoms with van der Waals surface area (Å²) in [6.07, 6.45) is 7.31. The van der Waals surface area contributed by atoms with Crippen LogP contribution in [0.1, 0.15) is 48.6 Å². The predicted octanol–water partition coefficient (Wildman–Crippen LogP) is 0.960. The van der Waals surface area contributed by atoms with Gasteiger partial charge in [0.25, 0.3) is 5.91 Å². The third-order valence-corrected chi connectivity index (χ3v) is 5.21. The normalized spacial score (nSPS) is 18.9. The van der Waals surface area contributed by atoms with Crippen molar-refractivity contribution in [2.24, 2.45) is 5.92 Å². The van der Waals surface area contributed by atoms with E-state index in [1.807, 2.05) is 4.90 Å². The van der Waals surface area contributed by atoms with E-state index in [0.29, 0.717) is 31.9 Å². The number of methoxy groups -OCH3 is 1. The van der Waals surface area contributed by atoms with Crippen LogP contribution in [0.5, 0.6) is 0 Å². The van der Waals surface area contributed by atoms with Crippen LogP contribution < -0.4 is 0 Å². The molecule has 2 fully saturated rings. The second-order valence-electron chi connectivity index (χ2n) is 7.04. The topological polar surface area (TPSA) is 80.6 Å². The molecule has 2 amide bonds. The fraction of sp³-hybridized carbons (Fsp3) is 0.765. The largest absolute Gasteiger partial charge is 0.383 e. The van der Waals surface area contributed by atoms with Gasteiger partial charge in [0.1, 0.15) is 0 Å². The Hall–Kier alpha value is -1.96. The Morgan fingerprint density at radius 3 is 2.68 bits per heavy atom. The molecule has 138 valence electrons. The fourth-order valence-corrected chi connectivity index (χ4v) is 3.49. The van der Waals surface area contributed by atoms with Crippen molar-refractivity contribution in [2.45, 2.75) is 38.1 Å². The number of ether oxygens (including phenoxy) is 1. The molecule has 2 aliphatic rings. The smallest absolute Gasteiger partial charge is 0.275 e. The molecule has 0 bridgehead atoms. The molecule has 1 aromatic heterocycles. The SMILES string of the molecule is COCCN(C)C(=O)c1cn(C2CN(C(=O)C3CCCCC3)C2)nn1. The van der Waals surface area contributed by atoms with Gasteiger partial charge in [0.05, 0.1) is 18.8 Å². The number of rotatable bonds is 6. The number of likely N-dealkylation sites (N-methyl/N-ethyl adjacent to an activating group) is 1. The molecule has 2 heterocycles. The molecular formula is C17H27N5O3. The van der Waals surface area contributed by atoms with Gasteiger partial charge in [-0.1, -0.05) is 24.5 Å². The molecule has 0 N–H and O–H groups in total. The number of hydrogen-bond acceptors (Lipinski definition) is 5. The zero-order chi connectivity index (χ0) is 17.8. The minimum absolute atomic E-state index is 0.117. The number of amides is 2. The van der Waals surface area contributed by atoms with Crippen molar-refractivity contribution in [2.75, 3.05) is 40.4 Å². The van der Waals surface area contributed by atoms with E-state index < -0.39 is 0 Å². The average Bonchev–Trinajstić information content (AvgIpc) is 3.07. The highest BCUT2D eigenvalue weighted by Gasteiger charge is 2.36. The van der Waals surface area contributed by atoms with Crippen LogP contribution in [-0.4, -0.2) is 77.0 Å². The summed E-state index contributed by atoms with van der Waals surface area (Å²) in [6.45, 7) is 2.31. The summed E-state index contributed by atoms with van der Waals surface area (Å²) < 4.78 is 6.69. The monoisotopic (exact) mass is 349 g/mol. The minimum Gasteiger partial charge on any atom is -0.383 e. The summed E-state index contributed by atoms with van der Waals surface area (Å²) in [5.74, 6) is 0.321. The number of carbonyl (C=O) groups is 2. The lowest BCUT2D eigenvalue weighted by atomic mass is 9.87. The lowest BCUT2D eigenvalue weighted by Gasteiger charge is -2.41. The Labute approximate surface area is 148 Å². The molecule has 0 aromatic carbocycles. The lowest BCUT2D eigenvalue weighted by molar-refractivity contribution is -0.142. The van der Waals surface area contributed by atoms with Crippen LogP contribution in [0.3, 0.4) is 0 Å². The minimum atomic E-state index is -0.169. The third kappa shape index (κ3) is 4.00. The molecule has 1 saturated carbocycles. The zero-order valence-electron chi connectivity index (χ0n) is 15.1. The van der Waals surface area contributed by atoms with Gasteiger partial charge in [-0.25, -0.2) is 4.68 Å². The first kappa shape index (κ1) is 17.8. The second kappa shape index (κ2) is 7.95. The van der Waals surface area contributed by atoms with Gasteiger partial charge in [-0.15, -0.1) is 5.10 Å². The number of hydrogen-bond donors (Lipinski definition) is 0. The van der Waals surface area contributed by atoms with Crippen molar-refractivity contribution in [1.29, 1.82) is 0 Å². The summed E-state index contributed by atoms with van der Waals surface area (Å²) in [5, 5.41) is 8.06. The number of aromatic nitrogens is 3. The van der Waals surface area contributed by atoms with Crippen LogP contribution in [0, 0.1) is 5.92 Å². The molecule has 25 heavy (non-hydrogen) atoms. The Morgan fingerprint density at radius 1 is 1.28 bits per heavy atom. The molecular weight excluding hydrogens is 322 g/mol. The maximum atomic E-state index is 12.5. The Bertz CT molecular complexity index is 605. The van der Waals surface area contributed by atoms with Gasteiger partial charge < -0.3 is 14.5 Å². The van der Waals surface area contributed by atoms with Crippen LogP contribution in [0.25, 0.3) is 0 Å². The Kier molecular flexibility index (Phi) is 5.67. The standard InChI is InChI=1S/C17H27N5O3/c1-20(8-9-25-2)17(24)15-12-22(19-18-15)14-10-21(11-14)16(23)13-6-4-3-5-7-13/h12-14H,3-11H2,1-2H3. The number of likely N-dealkylation sites (tertiary alicyclic amines) is 1. The molecule has 1 aliphatic heterocycles. The fourth-order valence-electron chi connectivity index (χ4n) is 3.49. The molecule has 0 atom stereocenters. The molecule has 1 aliphatic carbocycles. The van der Waals surface area contributed by atoms with E-state index in [1.54, 1.807) is 29.9 Å². The van der Waals surface area contributed by atoms with E-state index in [9.17, 15) is 9.59 Å². The summed E-state index contributed by atoms with van der Waals surface area (Å²) in [7, 11) is 3.32. The van der Waals surface area contributed by atoms with Gasteiger partial charge in [0.2, 0.25) is 5.91 Å². The summed E-state index contributed by atoms with van der Waals surface area (Å²) >= 11 is 0. The van der Waals surface area contributed by atoms with Crippen molar-refractivity contribution in [3.63, 3.8) is 0 Å². The van der Waals surface area contributed by atoms with Gasteiger partial charge in [0.15, 0.2) is 5.69 Å². The molecule has 8 heteroatoms. The van der Waals surface area contributed by atoms with Crippen LogP contribution in [0.2, 0.25) is 0 Å². The van der Waals surface area contributed by atoms with E-state index in [2.05, 4.69) is 10.3 Å². The summed E-state index contributed by atoms with van der Waals surface area (Å²) in [6, 6.07) is 0.117. The van der Waals surface area contributed by atoms with Crippen LogP contribution >= 0.6 is 0 Å². The zero-order valence-corrected chi connectivity index (χ0v) is 15.1. The van der Waals surface area contributed by atoms with Gasteiger partial charge in [-0.05, 0) is 12.8 Å². The third-order valence-electron chi connectivity index (χ3n) is 5.21. The molecule has 1 saturated heterocycles. The first-order chi connectivity index (χ1) is 12.1. The van der Waals surface area contributed by atoms with E-state index in [-0.39, 0.29) is 23.8 Å².